The van der Waals surface area contributed by atoms with Crippen LogP contribution in [0.1, 0.15) is 29.8 Å². The minimum absolute atomic E-state index is 0.162. The van der Waals surface area contributed by atoms with E-state index < -0.39 is 0 Å². The van der Waals surface area contributed by atoms with E-state index >= 15 is 0 Å². The molecule has 0 aliphatic rings. The second kappa shape index (κ2) is 6.69. The van der Waals surface area contributed by atoms with Gasteiger partial charge in [0.1, 0.15) is 5.82 Å². The van der Waals surface area contributed by atoms with Crippen LogP contribution in [0.4, 0.5) is 4.39 Å². The molecule has 1 N–H and O–H groups in total. The van der Waals surface area contributed by atoms with Crippen LogP contribution in [-0.4, -0.2) is 6.54 Å². The van der Waals surface area contributed by atoms with Crippen LogP contribution in [0.3, 0.4) is 0 Å². The fourth-order valence-corrected chi connectivity index (χ4v) is 4.40. The molecule has 2 aromatic heterocycles. The fraction of sp³-hybridized carbons (Fsp3) is 0.294. The Labute approximate surface area is 132 Å². The van der Waals surface area contributed by atoms with E-state index in [0.717, 1.165) is 29.5 Å². The van der Waals surface area contributed by atoms with Crippen LogP contribution in [0.15, 0.2) is 41.1 Å². The van der Waals surface area contributed by atoms with E-state index in [9.17, 15) is 4.39 Å². The third-order valence-electron chi connectivity index (χ3n) is 3.59. The second-order valence-electron chi connectivity index (χ2n) is 5.11. The summed E-state index contributed by atoms with van der Waals surface area (Å²) in [5.41, 5.74) is 1.40. The summed E-state index contributed by atoms with van der Waals surface area (Å²) in [5, 5.41) is 8.90. The summed E-state index contributed by atoms with van der Waals surface area (Å²) < 4.78 is 14.5. The summed E-state index contributed by atoms with van der Waals surface area (Å²) >= 11 is 3.51. The first-order valence-electron chi connectivity index (χ1n) is 7.19. The van der Waals surface area contributed by atoms with Gasteiger partial charge in [-0.2, -0.15) is 11.3 Å². The molecule has 0 aliphatic carbocycles. The Hall–Kier alpha value is -1.23. The van der Waals surface area contributed by atoms with Crippen molar-refractivity contribution in [1.29, 1.82) is 0 Å². The highest BCUT2D eigenvalue weighted by atomic mass is 32.1. The van der Waals surface area contributed by atoms with Crippen LogP contribution in [0.5, 0.6) is 0 Å². The highest BCUT2D eigenvalue weighted by Crippen LogP contribution is 2.32. The Kier molecular flexibility index (Phi) is 4.68. The predicted molar refractivity (Wildman–Crippen MR) is 90.8 cm³/mol. The molecule has 1 aromatic carbocycles. The van der Waals surface area contributed by atoms with Gasteiger partial charge in [-0.25, -0.2) is 4.39 Å². The van der Waals surface area contributed by atoms with Gasteiger partial charge in [-0.05, 0) is 71.4 Å². The number of thiophene rings is 2. The van der Waals surface area contributed by atoms with Gasteiger partial charge in [-0.1, -0.05) is 6.92 Å². The molecule has 0 bridgehead atoms. The Morgan fingerprint density at radius 2 is 2.14 bits per heavy atom. The number of nitrogens with one attached hydrogen (secondary N) is 1. The summed E-state index contributed by atoms with van der Waals surface area (Å²) in [5.74, 6) is -0.162. The van der Waals surface area contributed by atoms with Gasteiger partial charge in [0.05, 0.1) is 0 Å². The Bertz CT molecular complexity index is 703. The molecule has 4 heteroatoms. The number of rotatable bonds is 6. The van der Waals surface area contributed by atoms with Crippen molar-refractivity contribution >= 4 is 32.8 Å². The largest absolute Gasteiger partial charge is 0.310 e. The van der Waals surface area contributed by atoms with E-state index in [1.807, 2.05) is 6.07 Å². The van der Waals surface area contributed by atoms with Crippen molar-refractivity contribution in [2.24, 2.45) is 0 Å². The third-order valence-corrected chi connectivity index (χ3v) is 5.55. The average molecular weight is 319 g/mol. The van der Waals surface area contributed by atoms with Gasteiger partial charge in [0, 0.05) is 15.6 Å². The lowest BCUT2D eigenvalue weighted by molar-refractivity contribution is 0.523. The first-order valence-corrected chi connectivity index (χ1v) is 8.95. The van der Waals surface area contributed by atoms with Crippen LogP contribution in [0.2, 0.25) is 0 Å². The zero-order valence-electron chi connectivity index (χ0n) is 11.9. The smallest absolute Gasteiger partial charge is 0.123 e. The van der Waals surface area contributed by atoms with E-state index in [1.165, 1.54) is 16.5 Å². The van der Waals surface area contributed by atoms with Crippen LogP contribution in [-0.2, 0) is 6.42 Å². The standard InChI is InChI=1S/C17H18FNS2/c1-2-19-15(5-3-12-7-8-20-11-12)17-10-13-9-14(18)4-6-16(13)21-17/h4,6-11,15,19H,2-3,5H2,1H3. The molecule has 2 heterocycles. The summed E-state index contributed by atoms with van der Waals surface area (Å²) in [7, 11) is 0. The molecule has 0 fully saturated rings. The van der Waals surface area contributed by atoms with Gasteiger partial charge < -0.3 is 5.32 Å². The summed E-state index contributed by atoms with van der Waals surface area (Å²) in [6.07, 6.45) is 2.14. The minimum Gasteiger partial charge on any atom is -0.310 e. The lowest BCUT2D eigenvalue weighted by Gasteiger charge is -2.15. The average Bonchev–Trinajstić information content (AvgIpc) is 3.11. The Morgan fingerprint density at radius 1 is 1.24 bits per heavy atom. The van der Waals surface area contributed by atoms with Gasteiger partial charge in [0.15, 0.2) is 0 Å². The number of hydrogen-bond acceptors (Lipinski definition) is 3. The second-order valence-corrected chi connectivity index (χ2v) is 7.01. The highest BCUT2D eigenvalue weighted by molar-refractivity contribution is 7.19. The third kappa shape index (κ3) is 3.51. The Balaban J connectivity index is 1.80. The van der Waals surface area contributed by atoms with Gasteiger partial charge in [-0.15, -0.1) is 11.3 Å². The van der Waals surface area contributed by atoms with Crippen LogP contribution in [0.25, 0.3) is 10.1 Å². The maximum Gasteiger partial charge on any atom is 0.123 e. The normalized spacial score (nSPS) is 12.9. The molecule has 110 valence electrons. The predicted octanol–water partition coefficient (Wildman–Crippen LogP) is 5.39. The van der Waals surface area contributed by atoms with Crippen molar-refractivity contribution in [3.8, 4) is 0 Å². The number of aryl methyl sites for hydroxylation is 1. The van der Waals surface area contributed by atoms with E-state index in [4.69, 9.17) is 0 Å². The first kappa shape index (κ1) is 14.7. The maximum atomic E-state index is 13.3. The summed E-state index contributed by atoms with van der Waals surface area (Å²) in [6.45, 7) is 3.07. The minimum atomic E-state index is -0.162. The molecule has 1 atom stereocenters. The molecule has 0 radical (unpaired) electrons. The number of benzene rings is 1. The molecule has 0 spiro atoms. The molecular formula is C17H18FNS2. The molecule has 0 saturated heterocycles. The van der Waals surface area contributed by atoms with Crippen molar-refractivity contribution in [2.45, 2.75) is 25.8 Å². The molecule has 1 unspecified atom stereocenters. The van der Waals surface area contributed by atoms with Gasteiger partial charge >= 0.3 is 0 Å². The zero-order valence-corrected chi connectivity index (χ0v) is 13.6. The van der Waals surface area contributed by atoms with E-state index in [1.54, 1.807) is 28.7 Å². The summed E-state index contributed by atoms with van der Waals surface area (Å²) in [6, 6.07) is 9.70. The molecule has 21 heavy (non-hydrogen) atoms. The van der Waals surface area contributed by atoms with Crippen molar-refractivity contribution in [3.05, 3.63) is 57.3 Å². The van der Waals surface area contributed by atoms with Crippen LogP contribution < -0.4 is 5.32 Å². The molecule has 3 rings (SSSR count). The first-order chi connectivity index (χ1) is 10.3. The van der Waals surface area contributed by atoms with Crippen molar-refractivity contribution in [2.75, 3.05) is 6.54 Å². The topological polar surface area (TPSA) is 12.0 Å². The molecule has 0 aliphatic heterocycles. The zero-order chi connectivity index (χ0) is 14.7. The quantitative estimate of drug-likeness (QED) is 0.642. The number of fused-ring (bicyclic) bond motifs is 1. The Morgan fingerprint density at radius 3 is 2.90 bits per heavy atom. The lowest BCUT2D eigenvalue weighted by atomic mass is 10.1. The van der Waals surface area contributed by atoms with E-state index in [-0.39, 0.29) is 5.82 Å². The van der Waals surface area contributed by atoms with E-state index in [0.29, 0.717) is 6.04 Å². The van der Waals surface area contributed by atoms with Crippen LogP contribution in [0, 0.1) is 5.82 Å². The molecule has 0 saturated carbocycles. The maximum absolute atomic E-state index is 13.3. The van der Waals surface area contributed by atoms with Gasteiger partial charge in [-0.3, -0.25) is 0 Å². The summed E-state index contributed by atoms with van der Waals surface area (Å²) in [4.78, 5) is 1.30. The van der Waals surface area contributed by atoms with Crippen molar-refractivity contribution in [1.82, 2.24) is 5.32 Å². The van der Waals surface area contributed by atoms with Crippen molar-refractivity contribution < 1.29 is 4.39 Å². The fourth-order valence-electron chi connectivity index (χ4n) is 2.54. The van der Waals surface area contributed by atoms with E-state index in [2.05, 4.69) is 35.1 Å². The molecular weight excluding hydrogens is 301 g/mol. The van der Waals surface area contributed by atoms with Gasteiger partial charge in [0.25, 0.3) is 0 Å². The monoisotopic (exact) mass is 319 g/mol. The number of halogens is 1. The molecule has 3 aromatic rings. The molecule has 1 nitrogen and oxygen atoms in total. The number of hydrogen-bond donors (Lipinski definition) is 1. The molecule has 0 amide bonds. The highest BCUT2D eigenvalue weighted by Gasteiger charge is 2.14. The van der Waals surface area contributed by atoms with Crippen LogP contribution >= 0.6 is 22.7 Å². The lowest BCUT2D eigenvalue weighted by Crippen LogP contribution is -2.20. The van der Waals surface area contributed by atoms with Crippen molar-refractivity contribution in [3.63, 3.8) is 0 Å². The van der Waals surface area contributed by atoms with Gasteiger partial charge in [0.2, 0.25) is 0 Å². The SMILES string of the molecule is CCNC(CCc1ccsc1)c1cc2cc(F)ccc2s1.